The first kappa shape index (κ1) is 19.0. The van der Waals surface area contributed by atoms with E-state index in [4.69, 9.17) is 4.74 Å². The molecule has 5 nitrogen and oxygen atoms in total. The topological polar surface area (TPSA) is 72.5 Å². The maximum atomic E-state index is 11.9. The Morgan fingerprint density at radius 3 is 2.32 bits per heavy atom. The highest BCUT2D eigenvalue weighted by Crippen LogP contribution is 2.19. The quantitative estimate of drug-likeness (QED) is 0.808. The van der Waals surface area contributed by atoms with Crippen LogP contribution in [0.1, 0.15) is 34.1 Å². The van der Waals surface area contributed by atoms with Crippen LogP contribution in [0.5, 0.6) is 5.75 Å². The Morgan fingerprint density at radius 2 is 1.82 bits per heavy atom. The van der Waals surface area contributed by atoms with Gasteiger partial charge in [-0.05, 0) is 43.0 Å². The standard InChI is InChI=1S/C15H22BrNO4S/c1-11(21-13-7-5-12(16)6-8-13)14(18)17-22(19,20)10-9-15(2,3)4/h5-8,11H,9-10H2,1-4H3,(H,17,18). The number of nitrogens with one attached hydrogen (secondary N) is 1. The smallest absolute Gasteiger partial charge is 0.274 e. The Morgan fingerprint density at radius 1 is 1.27 bits per heavy atom. The van der Waals surface area contributed by atoms with Gasteiger partial charge < -0.3 is 4.74 Å². The number of carbonyl (C=O) groups excluding carboxylic acids is 1. The predicted molar refractivity (Wildman–Crippen MR) is 90.2 cm³/mol. The maximum Gasteiger partial charge on any atom is 0.274 e. The fourth-order valence-electron chi connectivity index (χ4n) is 1.50. The molecule has 1 atom stereocenters. The molecule has 0 fully saturated rings. The lowest BCUT2D eigenvalue weighted by Crippen LogP contribution is -2.41. The van der Waals surface area contributed by atoms with Crippen molar-refractivity contribution < 1.29 is 17.9 Å². The van der Waals surface area contributed by atoms with Crippen molar-refractivity contribution in [2.45, 2.75) is 40.2 Å². The molecule has 0 aliphatic carbocycles. The molecule has 7 heteroatoms. The summed E-state index contributed by atoms with van der Waals surface area (Å²) in [5.74, 6) is -0.262. The van der Waals surface area contributed by atoms with Gasteiger partial charge in [0, 0.05) is 4.47 Å². The van der Waals surface area contributed by atoms with E-state index in [1.807, 2.05) is 20.8 Å². The zero-order valence-electron chi connectivity index (χ0n) is 13.2. The second-order valence-electron chi connectivity index (χ2n) is 6.31. The molecule has 0 heterocycles. The van der Waals surface area contributed by atoms with Gasteiger partial charge in [0.25, 0.3) is 5.91 Å². The molecule has 22 heavy (non-hydrogen) atoms. The van der Waals surface area contributed by atoms with E-state index in [0.29, 0.717) is 12.2 Å². The van der Waals surface area contributed by atoms with Gasteiger partial charge in [-0.1, -0.05) is 36.7 Å². The number of amides is 1. The summed E-state index contributed by atoms with van der Waals surface area (Å²) >= 11 is 3.30. The third kappa shape index (κ3) is 7.26. The fraction of sp³-hybridized carbons (Fsp3) is 0.533. The van der Waals surface area contributed by atoms with Crippen LogP contribution in [0.15, 0.2) is 28.7 Å². The summed E-state index contributed by atoms with van der Waals surface area (Å²) in [5.41, 5.74) is -0.114. The molecule has 0 saturated carbocycles. The van der Waals surface area contributed by atoms with Crippen LogP contribution in [-0.2, 0) is 14.8 Å². The molecule has 1 unspecified atom stereocenters. The summed E-state index contributed by atoms with van der Waals surface area (Å²) in [5, 5.41) is 0. The second kappa shape index (κ2) is 7.46. The van der Waals surface area contributed by atoms with Crippen LogP contribution >= 0.6 is 15.9 Å². The molecule has 0 aromatic heterocycles. The van der Waals surface area contributed by atoms with Crippen LogP contribution in [0.2, 0.25) is 0 Å². The van der Waals surface area contributed by atoms with Crippen LogP contribution < -0.4 is 9.46 Å². The lowest BCUT2D eigenvalue weighted by molar-refractivity contribution is -0.125. The molecule has 0 saturated heterocycles. The SMILES string of the molecule is CC(Oc1ccc(Br)cc1)C(=O)NS(=O)(=O)CCC(C)(C)C. The second-order valence-corrected chi connectivity index (χ2v) is 9.07. The Kier molecular flexibility index (Phi) is 6.43. The van der Waals surface area contributed by atoms with Gasteiger partial charge in [0.05, 0.1) is 5.75 Å². The van der Waals surface area contributed by atoms with Crippen molar-refractivity contribution in [1.82, 2.24) is 4.72 Å². The Labute approximate surface area is 140 Å². The van der Waals surface area contributed by atoms with Crippen molar-refractivity contribution in [1.29, 1.82) is 0 Å². The van der Waals surface area contributed by atoms with Crippen molar-refractivity contribution in [2.75, 3.05) is 5.75 Å². The zero-order valence-corrected chi connectivity index (χ0v) is 15.6. The van der Waals surface area contributed by atoms with Crippen LogP contribution in [0.25, 0.3) is 0 Å². The average molecular weight is 392 g/mol. The number of rotatable bonds is 6. The lowest BCUT2D eigenvalue weighted by Gasteiger charge is -2.19. The molecular formula is C15H22BrNO4S. The van der Waals surface area contributed by atoms with Gasteiger partial charge >= 0.3 is 0 Å². The lowest BCUT2D eigenvalue weighted by atomic mass is 9.94. The number of halogens is 1. The molecule has 1 rings (SSSR count). The summed E-state index contributed by atoms with van der Waals surface area (Å²) in [7, 11) is -3.65. The summed E-state index contributed by atoms with van der Waals surface area (Å²) in [6.07, 6.45) is -0.428. The first-order valence-corrected chi connectivity index (χ1v) is 9.40. The largest absolute Gasteiger partial charge is 0.481 e. The molecule has 0 aliphatic rings. The molecule has 124 valence electrons. The highest BCUT2D eigenvalue weighted by molar-refractivity contribution is 9.10. The number of benzene rings is 1. The monoisotopic (exact) mass is 391 g/mol. The molecule has 1 amide bonds. The van der Waals surface area contributed by atoms with E-state index in [1.165, 1.54) is 6.92 Å². The minimum Gasteiger partial charge on any atom is -0.481 e. The fourth-order valence-corrected chi connectivity index (χ4v) is 3.22. The van der Waals surface area contributed by atoms with Gasteiger partial charge in [0.1, 0.15) is 5.75 Å². The highest BCUT2D eigenvalue weighted by atomic mass is 79.9. The summed E-state index contributed by atoms with van der Waals surface area (Å²) < 4.78 is 32.2. The number of hydrogen-bond acceptors (Lipinski definition) is 4. The van der Waals surface area contributed by atoms with Gasteiger partial charge in [0.2, 0.25) is 10.0 Å². The van der Waals surface area contributed by atoms with E-state index >= 15 is 0 Å². The third-order valence-corrected chi connectivity index (χ3v) is 4.66. The maximum absolute atomic E-state index is 11.9. The molecule has 1 aromatic carbocycles. The van der Waals surface area contributed by atoms with Crippen molar-refractivity contribution >= 4 is 31.9 Å². The molecule has 0 aliphatic heterocycles. The van der Waals surface area contributed by atoms with E-state index in [-0.39, 0.29) is 11.2 Å². The molecule has 1 N–H and O–H groups in total. The molecular weight excluding hydrogens is 370 g/mol. The summed E-state index contributed by atoms with van der Waals surface area (Å²) in [4.78, 5) is 11.9. The molecule has 0 bridgehead atoms. The van der Waals surface area contributed by atoms with E-state index in [1.54, 1.807) is 24.3 Å². The zero-order chi connectivity index (χ0) is 17.0. The Hall–Kier alpha value is -1.08. The van der Waals surface area contributed by atoms with Crippen molar-refractivity contribution in [3.63, 3.8) is 0 Å². The Bertz CT molecular complexity index is 605. The van der Waals surface area contributed by atoms with E-state index in [9.17, 15) is 13.2 Å². The first-order valence-electron chi connectivity index (χ1n) is 6.95. The van der Waals surface area contributed by atoms with Gasteiger partial charge in [-0.15, -0.1) is 0 Å². The number of ether oxygens (including phenoxy) is 1. The predicted octanol–water partition coefficient (Wildman–Crippen LogP) is 3.10. The molecule has 0 spiro atoms. The average Bonchev–Trinajstić information content (AvgIpc) is 2.38. The third-order valence-electron chi connectivity index (χ3n) is 2.87. The minimum atomic E-state index is -3.65. The van der Waals surface area contributed by atoms with Gasteiger partial charge in [-0.25, -0.2) is 13.1 Å². The Balaban J connectivity index is 2.58. The van der Waals surface area contributed by atoms with Crippen molar-refractivity contribution in [3.8, 4) is 5.75 Å². The highest BCUT2D eigenvalue weighted by Gasteiger charge is 2.23. The summed E-state index contributed by atoms with van der Waals surface area (Å²) in [6.45, 7) is 7.35. The number of hydrogen-bond donors (Lipinski definition) is 1. The van der Waals surface area contributed by atoms with Crippen molar-refractivity contribution in [3.05, 3.63) is 28.7 Å². The van der Waals surface area contributed by atoms with Crippen molar-refractivity contribution in [2.24, 2.45) is 5.41 Å². The molecule has 1 aromatic rings. The van der Waals surface area contributed by atoms with E-state index in [2.05, 4.69) is 20.7 Å². The number of sulfonamides is 1. The van der Waals surface area contributed by atoms with E-state index in [0.717, 1.165) is 4.47 Å². The first-order chi connectivity index (χ1) is 9.98. The van der Waals surface area contributed by atoms with Crippen LogP contribution in [-0.4, -0.2) is 26.2 Å². The normalized spacial score (nSPS) is 13.5. The van der Waals surface area contributed by atoms with E-state index < -0.39 is 22.0 Å². The van der Waals surface area contributed by atoms with Crippen LogP contribution in [0.3, 0.4) is 0 Å². The number of carbonyl (C=O) groups is 1. The van der Waals surface area contributed by atoms with Gasteiger partial charge in [-0.2, -0.15) is 0 Å². The van der Waals surface area contributed by atoms with Gasteiger partial charge in [0.15, 0.2) is 6.10 Å². The van der Waals surface area contributed by atoms with Gasteiger partial charge in [-0.3, -0.25) is 4.79 Å². The minimum absolute atomic E-state index is 0.0900. The van der Waals surface area contributed by atoms with Crippen LogP contribution in [0, 0.1) is 5.41 Å². The summed E-state index contributed by atoms with van der Waals surface area (Å²) in [6, 6.07) is 6.95. The van der Waals surface area contributed by atoms with Crippen LogP contribution in [0.4, 0.5) is 0 Å². The molecule has 0 radical (unpaired) electrons.